The zero-order chi connectivity index (χ0) is 17.9. The minimum absolute atomic E-state index is 0.204. The number of carbonyl (C=O) groups excluding carboxylic acids is 1. The van der Waals surface area contributed by atoms with E-state index < -0.39 is 15.3 Å². The highest BCUT2D eigenvalue weighted by Crippen LogP contribution is 2.26. The van der Waals surface area contributed by atoms with Gasteiger partial charge < -0.3 is 0 Å². The first kappa shape index (κ1) is 18.1. The van der Waals surface area contributed by atoms with Gasteiger partial charge in [-0.05, 0) is 66.6 Å². The summed E-state index contributed by atoms with van der Waals surface area (Å²) in [5.74, 6) is 0.505. The summed E-state index contributed by atoms with van der Waals surface area (Å²) in [5.41, 5.74) is 1.59. The Morgan fingerprint density at radius 1 is 1.00 bits per heavy atom. The average Bonchev–Trinajstić information content (AvgIpc) is 2.63. The summed E-state index contributed by atoms with van der Waals surface area (Å²) in [5, 5.41) is -0.592. The molecule has 6 heteroatoms. The number of rotatable bonds is 5. The van der Waals surface area contributed by atoms with Gasteiger partial charge in [0.25, 0.3) is 5.24 Å². The standard InChI is InChI=1S/C19H20ClNO3S/c20-19(22)17-6-8-18(9-7-17)25(23,24)21-12-10-16(11-13-21)14-15-4-2-1-3-5-15/h1-9,16H,10-14H2. The van der Waals surface area contributed by atoms with Crippen LogP contribution in [0.3, 0.4) is 0 Å². The van der Waals surface area contributed by atoms with E-state index in [9.17, 15) is 13.2 Å². The zero-order valence-corrected chi connectivity index (χ0v) is 15.3. The van der Waals surface area contributed by atoms with E-state index in [2.05, 4.69) is 12.1 Å². The minimum Gasteiger partial charge on any atom is -0.276 e. The molecular weight excluding hydrogens is 358 g/mol. The van der Waals surface area contributed by atoms with E-state index in [-0.39, 0.29) is 4.90 Å². The van der Waals surface area contributed by atoms with E-state index in [1.165, 1.54) is 34.1 Å². The smallest absolute Gasteiger partial charge is 0.252 e. The molecule has 1 heterocycles. The van der Waals surface area contributed by atoms with Crippen LogP contribution in [0.2, 0.25) is 0 Å². The van der Waals surface area contributed by atoms with Crippen molar-refractivity contribution in [2.75, 3.05) is 13.1 Å². The molecule has 2 aromatic rings. The first-order chi connectivity index (χ1) is 12.0. The van der Waals surface area contributed by atoms with Crippen LogP contribution in [0.15, 0.2) is 59.5 Å². The average molecular weight is 378 g/mol. The van der Waals surface area contributed by atoms with Gasteiger partial charge in [-0.15, -0.1) is 0 Å². The van der Waals surface area contributed by atoms with Crippen LogP contribution >= 0.6 is 11.6 Å². The molecule has 3 rings (SSSR count). The summed E-state index contributed by atoms with van der Waals surface area (Å²) in [6.07, 6.45) is 2.69. The quantitative estimate of drug-likeness (QED) is 0.746. The summed E-state index contributed by atoms with van der Waals surface area (Å²) in [6, 6.07) is 16.1. The van der Waals surface area contributed by atoms with Gasteiger partial charge in [0.1, 0.15) is 0 Å². The molecule has 1 aliphatic heterocycles. The highest BCUT2D eigenvalue weighted by molar-refractivity contribution is 7.89. The van der Waals surface area contributed by atoms with Crippen molar-refractivity contribution in [3.05, 3.63) is 65.7 Å². The fraction of sp³-hybridized carbons (Fsp3) is 0.316. The molecule has 0 radical (unpaired) electrons. The predicted molar refractivity (Wildman–Crippen MR) is 98.3 cm³/mol. The molecule has 0 bridgehead atoms. The fourth-order valence-corrected chi connectivity index (χ4v) is 4.80. The highest BCUT2D eigenvalue weighted by atomic mass is 35.5. The maximum Gasteiger partial charge on any atom is 0.252 e. The van der Waals surface area contributed by atoms with Gasteiger partial charge in [-0.3, -0.25) is 4.79 Å². The monoisotopic (exact) mass is 377 g/mol. The van der Waals surface area contributed by atoms with Crippen molar-refractivity contribution in [2.45, 2.75) is 24.2 Å². The lowest BCUT2D eigenvalue weighted by Gasteiger charge is -2.31. The molecule has 1 aliphatic rings. The predicted octanol–water partition coefficient (Wildman–Crippen LogP) is 3.71. The van der Waals surface area contributed by atoms with Gasteiger partial charge >= 0.3 is 0 Å². The van der Waals surface area contributed by atoms with E-state index in [0.29, 0.717) is 24.6 Å². The van der Waals surface area contributed by atoms with Crippen LogP contribution in [0.25, 0.3) is 0 Å². The molecule has 132 valence electrons. The molecule has 1 fully saturated rings. The number of hydrogen-bond acceptors (Lipinski definition) is 3. The second-order valence-electron chi connectivity index (χ2n) is 6.34. The number of piperidine rings is 1. The van der Waals surface area contributed by atoms with Gasteiger partial charge in [0.2, 0.25) is 10.0 Å². The van der Waals surface area contributed by atoms with E-state index >= 15 is 0 Å². The third kappa shape index (κ3) is 4.29. The topological polar surface area (TPSA) is 54.5 Å². The summed E-state index contributed by atoms with van der Waals surface area (Å²) < 4.78 is 27.0. The van der Waals surface area contributed by atoms with Gasteiger partial charge in [0.15, 0.2) is 0 Å². The number of halogens is 1. The van der Waals surface area contributed by atoms with E-state index in [1.54, 1.807) is 0 Å². The van der Waals surface area contributed by atoms with E-state index in [4.69, 9.17) is 11.6 Å². The van der Waals surface area contributed by atoms with Gasteiger partial charge in [0, 0.05) is 18.7 Å². The van der Waals surface area contributed by atoms with Crippen LogP contribution in [-0.2, 0) is 16.4 Å². The first-order valence-electron chi connectivity index (χ1n) is 8.31. The summed E-state index contributed by atoms with van der Waals surface area (Å²) >= 11 is 5.40. The molecule has 0 saturated carbocycles. The first-order valence-corrected chi connectivity index (χ1v) is 10.1. The second kappa shape index (κ2) is 7.68. The summed E-state index contributed by atoms with van der Waals surface area (Å²) in [6.45, 7) is 1.05. The van der Waals surface area contributed by atoms with Crippen LogP contribution in [-0.4, -0.2) is 31.1 Å². The zero-order valence-electron chi connectivity index (χ0n) is 13.8. The number of sulfonamides is 1. The number of nitrogens with zero attached hydrogens (tertiary/aromatic N) is 1. The number of hydrogen-bond donors (Lipinski definition) is 0. The van der Waals surface area contributed by atoms with Crippen LogP contribution in [0, 0.1) is 5.92 Å². The van der Waals surface area contributed by atoms with Crippen molar-refractivity contribution in [1.29, 1.82) is 0 Å². The molecule has 0 aromatic heterocycles. The maximum atomic E-state index is 12.7. The largest absolute Gasteiger partial charge is 0.276 e. The van der Waals surface area contributed by atoms with Crippen molar-refractivity contribution < 1.29 is 13.2 Å². The number of benzene rings is 2. The molecule has 0 atom stereocenters. The highest BCUT2D eigenvalue weighted by Gasteiger charge is 2.29. The van der Waals surface area contributed by atoms with E-state index in [1.807, 2.05) is 18.2 Å². The van der Waals surface area contributed by atoms with Crippen LogP contribution < -0.4 is 0 Å². The molecule has 0 N–H and O–H groups in total. The van der Waals surface area contributed by atoms with Crippen LogP contribution in [0.4, 0.5) is 0 Å². The molecular formula is C19H20ClNO3S. The minimum atomic E-state index is -3.52. The molecule has 0 spiro atoms. The Labute approximate surface area is 153 Å². The molecule has 0 aliphatic carbocycles. The number of carbonyl (C=O) groups is 1. The maximum absolute atomic E-state index is 12.7. The van der Waals surface area contributed by atoms with Crippen molar-refractivity contribution in [3.63, 3.8) is 0 Å². The molecule has 4 nitrogen and oxygen atoms in total. The Morgan fingerprint density at radius 3 is 2.16 bits per heavy atom. The fourth-order valence-electron chi connectivity index (χ4n) is 3.21. The molecule has 1 saturated heterocycles. The third-order valence-electron chi connectivity index (χ3n) is 4.66. The Morgan fingerprint density at radius 2 is 1.60 bits per heavy atom. The Balaban J connectivity index is 1.64. The van der Waals surface area contributed by atoms with Gasteiger partial charge in [0.05, 0.1) is 4.90 Å². The lowest BCUT2D eigenvalue weighted by atomic mass is 9.91. The molecule has 0 amide bonds. The molecule has 2 aromatic carbocycles. The van der Waals surface area contributed by atoms with Crippen LogP contribution in [0.1, 0.15) is 28.8 Å². The van der Waals surface area contributed by atoms with Crippen molar-refractivity contribution >= 4 is 26.9 Å². The lowest BCUT2D eigenvalue weighted by molar-refractivity contribution is 0.108. The van der Waals surface area contributed by atoms with Gasteiger partial charge in [-0.1, -0.05) is 30.3 Å². The lowest BCUT2D eigenvalue weighted by Crippen LogP contribution is -2.38. The second-order valence-corrected chi connectivity index (χ2v) is 8.62. The molecule has 25 heavy (non-hydrogen) atoms. The normalized spacial score (nSPS) is 16.7. The van der Waals surface area contributed by atoms with Gasteiger partial charge in [-0.2, -0.15) is 4.31 Å². The third-order valence-corrected chi connectivity index (χ3v) is 6.79. The van der Waals surface area contributed by atoms with Crippen molar-refractivity contribution in [1.82, 2.24) is 4.31 Å². The van der Waals surface area contributed by atoms with E-state index in [0.717, 1.165) is 19.3 Å². The SMILES string of the molecule is O=C(Cl)c1ccc(S(=O)(=O)N2CCC(Cc3ccccc3)CC2)cc1. The Kier molecular flexibility index (Phi) is 5.57. The van der Waals surface area contributed by atoms with Gasteiger partial charge in [-0.25, -0.2) is 8.42 Å². The molecule has 0 unspecified atom stereocenters. The summed E-state index contributed by atoms with van der Waals surface area (Å²) in [7, 11) is -3.52. The summed E-state index contributed by atoms with van der Waals surface area (Å²) in [4.78, 5) is 11.3. The van der Waals surface area contributed by atoms with Crippen LogP contribution in [0.5, 0.6) is 0 Å². The van der Waals surface area contributed by atoms with Crippen molar-refractivity contribution in [3.8, 4) is 0 Å². The Hall–Kier alpha value is -1.69. The Bertz CT molecular complexity index is 827. The van der Waals surface area contributed by atoms with Crippen molar-refractivity contribution in [2.24, 2.45) is 5.92 Å².